The van der Waals surface area contributed by atoms with Crippen LogP contribution in [0.4, 0.5) is 0 Å². The number of hydrogen-bond acceptors (Lipinski definition) is 0. The van der Waals surface area contributed by atoms with E-state index in [1.807, 2.05) is 0 Å². The summed E-state index contributed by atoms with van der Waals surface area (Å²) in [4.78, 5) is 0. The average Bonchev–Trinajstić information content (AvgIpc) is 3.37. The monoisotopic (exact) mass is 3100 g/mol. The third-order valence-electron chi connectivity index (χ3n) is 8.60. The van der Waals surface area contributed by atoms with E-state index in [-0.39, 0.29) is 14.0 Å². The predicted molar refractivity (Wildman–Crippen MR) is 808 cm³/mol. The molecule has 0 spiro atoms. The zero-order valence-electron chi connectivity index (χ0n) is 49.7. The van der Waals surface area contributed by atoms with Gasteiger partial charge >= 0.3 is 0 Å². The van der Waals surface area contributed by atoms with Gasteiger partial charge in [-0.2, -0.15) is 0 Å². The van der Waals surface area contributed by atoms with Gasteiger partial charge in [0.25, 0.3) is 0 Å². The van der Waals surface area contributed by atoms with Crippen LogP contribution in [0.1, 0.15) is 0 Å². The van der Waals surface area contributed by atoms with Crippen molar-refractivity contribution < 1.29 is 0 Å². The molecule has 0 aromatic rings. The standard InChI is InChI=1S/H98P97/c1-50-75(51(2)3)87(74(48)49)93(86(72(44)45)73(46)47)96(92(84(68(36)37)69(38)39)85(70(40)41)71(42)43)97(94(88(76(52(4)5)53(6)7)77(54(8)9)55(10)11)89(78(56(12)13)57(14)15)79(58(16)17)59(18)19)95(90(80(60(20)21)61(22)23)81(62(24)25)63(26)27)91(82(64(28)29)65(30)31)83(66(32)33)67(34)35/h1,50H,2-49H2/q-1. The first-order valence-electron chi connectivity index (χ1n) is 22.1. The first-order chi connectivity index (χ1) is 44.2. The molecule has 0 aliphatic carbocycles. The Bertz CT molecular complexity index is 1610. The van der Waals surface area contributed by atoms with Crippen LogP contribution in [0, 0.1) is 0 Å². The highest BCUT2D eigenvalue weighted by Crippen LogP contribution is 3.54. The third kappa shape index (κ3) is 48.9. The van der Waals surface area contributed by atoms with Crippen LogP contribution >= 0.6 is 774 Å². The van der Waals surface area contributed by atoms with Gasteiger partial charge in [0.1, 0.15) is 0 Å². The smallest absolute Gasteiger partial charge is 0.000000244 e. The molecule has 0 nitrogen and oxygen atoms in total. The second kappa shape index (κ2) is 76.3. The summed E-state index contributed by atoms with van der Waals surface area (Å²) in [6, 6.07) is 0. The average molecular weight is 3100 g/mol. The van der Waals surface area contributed by atoms with Crippen molar-refractivity contribution in [3.8, 4) is 0 Å². The van der Waals surface area contributed by atoms with Crippen LogP contribution < -0.4 is 0 Å². The first kappa shape index (κ1) is 139. The van der Waals surface area contributed by atoms with E-state index in [9.17, 15) is 0 Å². The Morgan fingerprint density at radius 1 is 0.103 bits per heavy atom. The van der Waals surface area contributed by atoms with Crippen molar-refractivity contribution in [2.75, 3.05) is 0 Å². The van der Waals surface area contributed by atoms with E-state index in [4.69, 9.17) is 8.93 Å². The summed E-state index contributed by atoms with van der Waals surface area (Å²) >= 11 is 0. The summed E-state index contributed by atoms with van der Waals surface area (Å²) < 4.78 is 0. The maximum atomic E-state index is 4.76. The summed E-state index contributed by atoms with van der Waals surface area (Å²) in [6.45, 7) is -20.7. The number of rotatable bonds is 47. The third-order valence-corrected chi connectivity index (χ3v) is 697. The molecule has 0 bridgehead atoms. The molecule has 97 heteroatoms. The van der Waals surface area contributed by atoms with Crippen LogP contribution in [0.25, 0.3) is 0 Å². The summed E-state index contributed by atoms with van der Waals surface area (Å²) in [5.41, 5.74) is 0. The van der Waals surface area contributed by atoms with E-state index in [2.05, 4.69) is 429 Å². The van der Waals surface area contributed by atoms with Gasteiger partial charge in [0.15, 0.2) is 0 Å². The van der Waals surface area contributed by atoms with E-state index in [1.165, 1.54) is 0 Å². The first-order valence-corrected chi connectivity index (χ1v) is 199. The predicted octanol–water partition coefficient (Wildman–Crippen LogP) is 57.3. The second-order valence-electron chi connectivity index (χ2n) is 15.4. The van der Waals surface area contributed by atoms with Crippen LogP contribution in [0.15, 0.2) is 0 Å². The lowest BCUT2D eigenvalue weighted by atomic mass is 28.3. The maximum absolute atomic E-state index is 4.76. The quantitative estimate of drug-likeness (QED) is 0.0533. The molecule has 584 valence electrons. The van der Waals surface area contributed by atoms with Crippen molar-refractivity contribution in [3.63, 3.8) is 0 Å². The number of hydrogen-bond donors (Lipinski definition) is 0. The molecule has 0 rings (SSSR count). The van der Waals surface area contributed by atoms with Crippen molar-refractivity contribution in [1.82, 2.24) is 0 Å². The Labute approximate surface area is 761 Å². The normalized spacial score (nSPS) is 16.0. The Kier molecular flexibility index (Phi) is 109. The van der Waals surface area contributed by atoms with E-state index >= 15 is 0 Å². The minimum absolute atomic E-state index is 0.331. The molecule has 0 aliphatic rings. The van der Waals surface area contributed by atoms with Crippen molar-refractivity contribution in [2.45, 2.75) is 0 Å². The molecule has 53 unspecified atom stereocenters. The molecule has 0 radical (unpaired) electrons. The van der Waals surface area contributed by atoms with Crippen LogP contribution in [-0.4, -0.2) is 0 Å². The molecule has 0 aromatic carbocycles. The van der Waals surface area contributed by atoms with Gasteiger partial charge in [-0.15, -0.1) is 429 Å². The SMILES string of the molecule is [PH-]PP(P(P)P)P(P(P)P)P(P(P(P)P)P(P)P)P(P(P(P(P)P)P(P)P)P(P(P)P)P(P)P)P(P(P(P(P(P)P)P(P)P)P(P(P)P)P(P)P)P(P(P(P)P)P(P)P)P(P(P)P)P(P)P)P(P(P(P(P)P)P(P)P)P(P(P)P)P(P)P)P(P(P(P)P)P(P)P)P(P(P)P)P(P)P. The Morgan fingerprint density at radius 3 is 0.237 bits per heavy atom. The molecule has 0 saturated carbocycles. The molecular weight excluding hydrogens is 3000 g/mol. The zero-order valence-corrected chi connectivity index (χ0v) is 149. The molecule has 0 aromatic heterocycles. The van der Waals surface area contributed by atoms with E-state index in [1.54, 1.807) is 0 Å². The highest BCUT2D eigenvalue weighted by atomic mass is 33.7. The van der Waals surface area contributed by atoms with Gasteiger partial charge < -0.3 is 8.93 Å². The molecule has 0 amide bonds. The Hall–Kier alpha value is 41.7. The van der Waals surface area contributed by atoms with Crippen molar-refractivity contribution >= 4 is 774 Å². The minimum atomic E-state index is -0.630. The molecule has 0 heterocycles. The molecule has 0 aliphatic heterocycles. The molecule has 0 saturated heterocycles. The van der Waals surface area contributed by atoms with E-state index < -0.39 is 314 Å². The van der Waals surface area contributed by atoms with Crippen LogP contribution in [-0.2, 0) is 0 Å². The van der Waals surface area contributed by atoms with Crippen LogP contribution in [0.2, 0.25) is 0 Å². The Morgan fingerprint density at radius 2 is 0.175 bits per heavy atom. The summed E-state index contributed by atoms with van der Waals surface area (Å²) in [7, 11) is 187. The van der Waals surface area contributed by atoms with E-state index in [0.717, 1.165) is 7.96 Å². The van der Waals surface area contributed by atoms with Crippen LogP contribution in [0.5, 0.6) is 0 Å². The fourth-order valence-corrected chi connectivity index (χ4v) is 1450. The zero-order chi connectivity index (χ0) is 76.8. The van der Waals surface area contributed by atoms with Gasteiger partial charge in [-0.3, -0.25) is 7.96 Å². The highest BCUT2D eigenvalue weighted by Gasteiger charge is 2.67. The molecule has 0 fully saturated rings. The van der Waals surface area contributed by atoms with Crippen LogP contribution in [0.3, 0.4) is 0 Å². The summed E-state index contributed by atoms with van der Waals surface area (Å²) in [5, 5.41) is 0. The van der Waals surface area contributed by atoms with Gasteiger partial charge in [-0.25, -0.2) is 0 Å². The van der Waals surface area contributed by atoms with Gasteiger partial charge in [0.05, 0.1) is 0 Å². The fourth-order valence-electron chi connectivity index (χ4n) is 5.95. The molecule has 97 heavy (non-hydrogen) atoms. The van der Waals surface area contributed by atoms with Crippen molar-refractivity contribution in [2.24, 2.45) is 0 Å². The molecule has 0 N–H and O–H groups in total. The lowest BCUT2D eigenvalue weighted by molar-refractivity contribution is 4.29. The molecular formula is H98P97-. The molecule has 53 atom stereocenters. The van der Waals surface area contributed by atoms with E-state index in [0.29, 0.717) is 0 Å². The van der Waals surface area contributed by atoms with Crippen molar-refractivity contribution in [3.05, 3.63) is 0 Å². The lowest BCUT2D eigenvalue weighted by Gasteiger charge is -2.64. The summed E-state index contributed by atoms with van der Waals surface area (Å²) in [5.74, 6) is 0. The maximum Gasteiger partial charge on any atom is -0.000000244 e. The lowest BCUT2D eigenvalue weighted by Crippen LogP contribution is -1.77. The van der Waals surface area contributed by atoms with Gasteiger partial charge in [-0.05, 0) is 328 Å². The topological polar surface area (TPSA) is 0 Å². The highest BCUT2D eigenvalue weighted by molar-refractivity contribution is 9.60. The van der Waals surface area contributed by atoms with Crippen molar-refractivity contribution in [1.29, 1.82) is 0 Å². The van der Waals surface area contributed by atoms with Gasteiger partial charge in [0.2, 0.25) is 0 Å². The second-order valence-corrected chi connectivity index (χ2v) is 416. The minimum Gasteiger partial charge on any atom is -0.524 e. The summed E-state index contributed by atoms with van der Waals surface area (Å²) in [6.07, 6.45) is 0. The largest absolute Gasteiger partial charge is 0.524 e. The Balaban J connectivity index is 14.4. The van der Waals surface area contributed by atoms with Gasteiger partial charge in [0, 0.05) is 0 Å². The van der Waals surface area contributed by atoms with Gasteiger partial charge in [-0.1, -0.05) is 0 Å². The fraction of sp³-hybridized carbons (Fsp3) is 0.